The zero-order valence-electron chi connectivity index (χ0n) is 15.0. The number of alkyl halides is 3. The number of carbonyl (C=O) groups excluding carboxylic acids is 1. The van der Waals surface area contributed by atoms with Gasteiger partial charge < -0.3 is 10.1 Å². The van der Waals surface area contributed by atoms with E-state index >= 15 is 0 Å². The lowest BCUT2D eigenvalue weighted by molar-refractivity contribution is -0.137. The number of aromatic nitrogens is 2. The second-order valence-electron chi connectivity index (χ2n) is 6.18. The van der Waals surface area contributed by atoms with E-state index in [1.54, 1.807) is 17.7 Å². The van der Waals surface area contributed by atoms with Crippen LogP contribution in [0.25, 0.3) is 0 Å². The number of anilines is 1. The first kappa shape index (κ1) is 19.5. The summed E-state index contributed by atoms with van der Waals surface area (Å²) in [7, 11) is 0. The van der Waals surface area contributed by atoms with Crippen LogP contribution in [0.1, 0.15) is 16.8 Å². The minimum Gasteiger partial charge on any atom is -0.484 e. The molecule has 0 aliphatic heterocycles. The van der Waals surface area contributed by atoms with E-state index in [4.69, 9.17) is 4.74 Å². The number of halogens is 3. The summed E-state index contributed by atoms with van der Waals surface area (Å²) in [5.74, 6) is -0.0374. The van der Waals surface area contributed by atoms with Gasteiger partial charge in [0.15, 0.2) is 6.61 Å². The van der Waals surface area contributed by atoms with Gasteiger partial charge in [0, 0.05) is 6.07 Å². The Morgan fingerprint density at radius 3 is 2.57 bits per heavy atom. The predicted octanol–water partition coefficient (Wildman–Crippen LogP) is 4.28. The maximum atomic E-state index is 12.7. The van der Waals surface area contributed by atoms with E-state index in [0.29, 0.717) is 12.4 Å². The summed E-state index contributed by atoms with van der Waals surface area (Å²) in [5.41, 5.74) is 0.910. The van der Waals surface area contributed by atoms with Gasteiger partial charge >= 0.3 is 6.18 Å². The van der Waals surface area contributed by atoms with Gasteiger partial charge in [0.2, 0.25) is 0 Å². The maximum absolute atomic E-state index is 12.7. The normalized spacial score (nSPS) is 11.3. The molecule has 0 atom stereocenters. The Morgan fingerprint density at radius 1 is 1.11 bits per heavy atom. The lowest BCUT2D eigenvalue weighted by Crippen LogP contribution is -2.22. The van der Waals surface area contributed by atoms with E-state index in [0.717, 1.165) is 23.4 Å². The molecule has 28 heavy (non-hydrogen) atoms. The molecule has 8 heteroatoms. The molecule has 5 nitrogen and oxygen atoms in total. The molecule has 146 valence electrons. The van der Waals surface area contributed by atoms with E-state index in [1.165, 1.54) is 12.1 Å². The largest absolute Gasteiger partial charge is 0.484 e. The van der Waals surface area contributed by atoms with Crippen LogP contribution in [0.3, 0.4) is 0 Å². The fraction of sp³-hybridized carbons (Fsp3) is 0.200. The van der Waals surface area contributed by atoms with Gasteiger partial charge in [-0.05, 0) is 30.7 Å². The zero-order chi connectivity index (χ0) is 20.1. The van der Waals surface area contributed by atoms with Crippen molar-refractivity contribution in [2.24, 2.45) is 0 Å². The third-order valence-electron chi connectivity index (χ3n) is 3.88. The van der Waals surface area contributed by atoms with Crippen molar-refractivity contribution >= 4 is 11.7 Å². The van der Waals surface area contributed by atoms with E-state index in [1.807, 2.05) is 30.3 Å². The monoisotopic (exact) mass is 389 g/mol. The standard InChI is InChI=1S/C20H18F3N3O2/c1-14-10-18(26(25-14)12-15-6-3-2-4-7-15)24-19(27)13-28-17-9-5-8-16(11-17)20(21,22)23/h2-11H,12-13H2,1H3,(H,24,27). The van der Waals surface area contributed by atoms with Crippen molar-refractivity contribution in [2.75, 3.05) is 11.9 Å². The van der Waals surface area contributed by atoms with Gasteiger partial charge in [0.05, 0.1) is 17.8 Å². The highest BCUT2D eigenvalue weighted by atomic mass is 19.4. The topological polar surface area (TPSA) is 56.1 Å². The van der Waals surface area contributed by atoms with E-state index in [2.05, 4.69) is 10.4 Å². The molecule has 0 saturated carbocycles. The van der Waals surface area contributed by atoms with Crippen molar-refractivity contribution in [3.05, 3.63) is 77.5 Å². The molecule has 0 unspecified atom stereocenters. The highest BCUT2D eigenvalue weighted by Gasteiger charge is 2.30. The molecular formula is C20H18F3N3O2. The second-order valence-corrected chi connectivity index (χ2v) is 6.18. The molecule has 0 fully saturated rings. The number of aryl methyl sites for hydroxylation is 1. The summed E-state index contributed by atoms with van der Waals surface area (Å²) in [6, 6.07) is 15.7. The number of nitrogens with zero attached hydrogens (tertiary/aromatic N) is 2. The molecule has 3 aromatic rings. The molecule has 0 aliphatic carbocycles. The number of hydrogen-bond acceptors (Lipinski definition) is 3. The van der Waals surface area contributed by atoms with Crippen LogP contribution in [-0.2, 0) is 17.5 Å². The van der Waals surface area contributed by atoms with Crippen molar-refractivity contribution in [1.29, 1.82) is 0 Å². The van der Waals surface area contributed by atoms with Gasteiger partial charge in [0.1, 0.15) is 11.6 Å². The van der Waals surface area contributed by atoms with Crippen LogP contribution < -0.4 is 10.1 Å². The van der Waals surface area contributed by atoms with Crippen LogP contribution in [0.15, 0.2) is 60.7 Å². The molecule has 1 amide bonds. The first-order valence-corrected chi connectivity index (χ1v) is 8.49. The highest BCUT2D eigenvalue weighted by molar-refractivity contribution is 5.91. The van der Waals surface area contributed by atoms with Crippen molar-refractivity contribution in [2.45, 2.75) is 19.6 Å². The van der Waals surface area contributed by atoms with Gasteiger partial charge in [-0.1, -0.05) is 36.4 Å². The summed E-state index contributed by atoms with van der Waals surface area (Å²) >= 11 is 0. The molecule has 0 bridgehead atoms. The molecule has 3 rings (SSSR count). The third kappa shape index (κ3) is 5.12. The van der Waals surface area contributed by atoms with E-state index in [9.17, 15) is 18.0 Å². The number of amides is 1. The summed E-state index contributed by atoms with van der Waals surface area (Å²) in [6.45, 7) is 1.85. The Kier molecular flexibility index (Phi) is 5.67. The van der Waals surface area contributed by atoms with Crippen LogP contribution in [0.2, 0.25) is 0 Å². The minimum absolute atomic E-state index is 0.0288. The van der Waals surface area contributed by atoms with Gasteiger partial charge in [0.25, 0.3) is 5.91 Å². The number of hydrogen-bond donors (Lipinski definition) is 1. The average Bonchev–Trinajstić information content (AvgIpc) is 2.99. The van der Waals surface area contributed by atoms with Gasteiger partial charge in [-0.3, -0.25) is 4.79 Å². The molecule has 1 aromatic heterocycles. The van der Waals surface area contributed by atoms with Crippen molar-refractivity contribution < 1.29 is 22.7 Å². The minimum atomic E-state index is -4.47. The third-order valence-corrected chi connectivity index (χ3v) is 3.88. The van der Waals surface area contributed by atoms with Crippen LogP contribution >= 0.6 is 0 Å². The van der Waals surface area contributed by atoms with Gasteiger partial charge in [-0.15, -0.1) is 0 Å². The van der Waals surface area contributed by atoms with Crippen molar-refractivity contribution in [3.63, 3.8) is 0 Å². The van der Waals surface area contributed by atoms with E-state index in [-0.39, 0.29) is 5.75 Å². The Labute approximate surface area is 159 Å². The number of ether oxygens (including phenoxy) is 1. The van der Waals surface area contributed by atoms with Crippen LogP contribution in [0.4, 0.5) is 19.0 Å². The predicted molar refractivity (Wildman–Crippen MR) is 98.1 cm³/mol. The number of carbonyl (C=O) groups is 1. The summed E-state index contributed by atoms with van der Waals surface area (Å²) < 4.78 is 45.1. The highest BCUT2D eigenvalue weighted by Crippen LogP contribution is 2.31. The van der Waals surface area contributed by atoms with Crippen molar-refractivity contribution in [1.82, 2.24) is 9.78 Å². The smallest absolute Gasteiger partial charge is 0.416 e. The zero-order valence-corrected chi connectivity index (χ0v) is 15.0. The Morgan fingerprint density at radius 2 is 1.86 bits per heavy atom. The molecule has 1 heterocycles. The van der Waals surface area contributed by atoms with Gasteiger partial charge in [-0.25, -0.2) is 4.68 Å². The van der Waals surface area contributed by atoms with Crippen LogP contribution in [-0.4, -0.2) is 22.3 Å². The Balaban J connectivity index is 1.63. The molecule has 1 N–H and O–H groups in total. The van der Waals surface area contributed by atoms with Gasteiger partial charge in [-0.2, -0.15) is 18.3 Å². The van der Waals surface area contributed by atoms with Crippen LogP contribution in [0, 0.1) is 6.92 Å². The quantitative estimate of drug-likeness (QED) is 0.685. The first-order chi connectivity index (χ1) is 13.3. The molecule has 0 aliphatic rings. The SMILES string of the molecule is Cc1cc(NC(=O)COc2cccc(C(F)(F)F)c2)n(Cc2ccccc2)n1. The fourth-order valence-electron chi connectivity index (χ4n) is 2.61. The Hall–Kier alpha value is -3.29. The molecule has 0 radical (unpaired) electrons. The lowest BCUT2D eigenvalue weighted by atomic mass is 10.2. The van der Waals surface area contributed by atoms with Crippen molar-refractivity contribution in [3.8, 4) is 5.75 Å². The Bertz CT molecular complexity index is 953. The number of nitrogens with one attached hydrogen (secondary N) is 1. The molecule has 0 saturated heterocycles. The lowest BCUT2D eigenvalue weighted by Gasteiger charge is -2.11. The second kappa shape index (κ2) is 8.16. The summed E-state index contributed by atoms with van der Waals surface area (Å²) in [5, 5.41) is 7.03. The molecular weight excluding hydrogens is 371 g/mol. The molecule has 2 aromatic carbocycles. The van der Waals surface area contributed by atoms with E-state index < -0.39 is 24.3 Å². The average molecular weight is 389 g/mol. The number of benzene rings is 2. The van der Waals surface area contributed by atoms with Crippen LogP contribution in [0.5, 0.6) is 5.75 Å². The number of rotatable bonds is 6. The summed E-state index contributed by atoms with van der Waals surface area (Å²) in [4.78, 5) is 12.2. The molecule has 0 spiro atoms. The maximum Gasteiger partial charge on any atom is 0.416 e. The fourth-order valence-corrected chi connectivity index (χ4v) is 2.61. The summed E-state index contributed by atoms with van der Waals surface area (Å²) in [6.07, 6.45) is -4.47. The first-order valence-electron chi connectivity index (χ1n) is 8.49.